The molecule has 0 heterocycles. The van der Waals surface area contributed by atoms with Gasteiger partial charge in [0.1, 0.15) is 0 Å². The summed E-state index contributed by atoms with van der Waals surface area (Å²) in [5.41, 5.74) is 10.2. The summed E-state index contributed by atoms with van der Waals surface area (Å²) < 4.78 is 0. The second kappa shape index (κ2) is 6.53. The number of nitrogens with two attached hydrogens (primary N) is 1. The molecular weight excluding hydrogens is 232 g/mol. The molecule has 1 rings (SSSR count). The summed E-state index contributed by atoms with van der Waals surface area (Å²) in [5.74, 6) is 0. The van der Waals surface area contributed by atoms with Crippen LogP contribution < -0.4 is 5.73 Å². The second-order valence-corrected chi connectivity index (χ2v) is 6.45. The average molecular weight is 262 g/mol. The van der Waals surface area contributed by atoms with Gasteiger partial charge in [-0.25, -0.2) is 0 Å². The minimum absolute atomic E-state index is 0.171. The maximum atomic E-state index is 5.87. The largest absolute Gasteiger partial charge is 0.330 e. The van der Waals surface area contributed by atoms with Crippen LogP contribution in [0.2, 0.25) is 0 Å². The Morgan fingerprint density at radius 2 is 1.84 bits per heavy atom. The maximum absolute atomic E-state index is 5.87. The third-order valence-corrected chi connectivity index (χ3v) is 4.15. The molecule has 0 aliphatic heterocycles. The lowest BCUT2D eigenvalue weighted by atomic mass is 9.91. The van der Waals surface area contributed by atoms with E-state index in [1.807, 2.05) is 0 Å². The van der Waals surface area contributed by atoms with E-state index in [0.717, 1.165) is 19.6 Å². The van der Waals surface area contributed by atoms with Crippen LogP contribution in [0.5, 0.6) is 0 Å². The normalized spacial score (nSPS) is 13.9. The zero-order valence-corrected chi connectivity index (χ0v) is 13.5. The van der Waals surface area contributed by atoms with E-state index in [0.29, 0.717) is 6.04 Å². The predicted molar refractivity (Wildman–Crippen MR) is 84.4 cm³/mol. The summed E-state index contributed by atoms with van der Waals surface area (Å²) in [4.78, 5) is 2.51. The van der Waals surface area contributed by atoms with Crippen LogP contribution in [0.15, 0.2) is 18.2 Å². The fourth-order valence-electron chi connectivity index (χ4n) is 2.37. The van der Waals surface area contributed by atoms with Crippen LogP contribution in [0.1, 0.15) is 50.4 Å². The van der Waals surface area contributed by atoms with Crippen LogP contribution in [0, 0.1) is 19.3 Å². The highest BCUT2D eigenvalue weighted by Crippen LogP contribution is 2.26. The van der Waals surface area contributed by atoms with Crippen molar-refractivity contribution in [1.82, 2.24) is 4.90 Å². The van der Waals surface area contributed by atoms with Crippen LogP contribution in [0.4, 0.5) is 0 Å². The van der Waals surface area contributed by atoms with E-state index < -0.39 is 0 Å². The molecule has 2 heteroatoms. The lowest BCUT2D eigenvalue weighted by Crippen LogP contribution is -2.40. The maximum Gasteiger partial charge on any atom is 0.0320 e. The summed E-state index contributed by atoms with van der Waals surface area (Å²) in [7, 11) is 0. The van der Waals surface area contributed by atoms with E-state index >= 15 is 0 Å². The van der Waals surface area contributed by atoms with Crippen LogP contribution >= 0.6 is 0 Å². The molecule has 1 aromatic rings. The second-order valence-electron chi connectivity index (χ2n) is 6.45. The first-order valence-corrected chi connectivity index (χ1v) is 7.32. The van der Waals surface area contributed by atoms with Crippen molar-refractivity contribution in [2.75, 3.05) is 19.6 Å². The Kier molecular flexibility index (Phi) is 5.57. The summed E-state index contributed by atoms with van der Waals surface area (Å²) in [6.07, 6.45) is 0. The van der Waals surface area contributed by atoms with Crippen LogP contribution in [0.25, 0.3) is 0 Å². The van der Waals surface area contributed by atoms with Gasteiger partial charge in [0, 0.05) is 12.6 Å². The van der Waals surface area contributed by atoms with Gasteiger partial charge < -0.3 is 5.73 Å². The van der Waals surface area contributed by atoms with E-state index in [2.05, 4.69) is 64.6 Å². The smallest absolute Gasteiger partial charge is 0.0320 e. The number of rotatable bonds is 6. The van der Waals surface area contributed by atoms with Crippen LogP contribution in [0.3, 0.4) is 0 Å². The molecule has 0 saturated heterocycles. The third kappa shape index (κ3) is 4.32. The quantitative estimate of drug-likeness (QED) is 0.847. The molecule has 1 unspecified atom stereocenters. The molecule has 0 saturated carbocycles. The molecule has 0 aliphatic carbocycles. The highest BCUT2D eigenvalue weighted by atomic mass is 15.2. The summed E-state index contributed by atoms with van der Waals surface area (Å²) in [5, 5.41) is 0. The average Bonchev–Trinajstić information content (AvgIpc) is 2.38. The lowest BCUT2D eigenvalue weighted by Gasteiger charge is -2.35. The Bertz CT molecular complexity index is 410. The molecule has 0 radical (unpaired) electrons. The monoisotopic (exact) mass is 262 g/mol. The molecule has 2 nitrogen and oxygen atoms in total. The molecule has 19 heavy (non-hydrogen) atoms. The van der Waals surface area contributed by atoms with Gasteiger partial charge in [0.05, 0.1) is 0 Å². The highest BCUT2D eigenvalue weighted by molar-refractivity contribution is 5.31. The molecule has 0 amide bonds. The van der Waals surface area contributed by atoms with Crippen LogP contribution in [-0.2, 0) is 0 Å². The minimum Gasteiger partial charge on any atom is -0.330 e. The van der Waals surface area contributed by atoms with Crippen LogP contribution in [-0.4, -0.2) is 24.5 Å². The van der Waals surface area contributed by atoms with Gasteiger partial charge in [-0.05, 0) is 56.0 Å². The number of benzene rings is 1. The molecule has 0 bridgehead atoms. The van der Waals surface area contributed by atoms with Gasteiger partial charge in [0.2, 0.25) is 0 Å². The van der Waals surface area contributed by atoms with Gasteiger partial charge in [-0.2, -0.15) is 0 Å². The predicted octanol–water partition coefficient (Wildman–Crippen LogP) is 3.67. The van der Waals surface area contributed by atoms with Gasteiger partial charge >= 0.3 is 0 Å². The van der Waals surface area contributed by atoms with Gasteiger partial charge in [0.25, 0.3) is 0 Å². The van der Waals surface area contributed by atoms with Gasteiger partial charge in [0.15, 0.2) is 0 Å². The zero-order valence-electron chi connectivity index (χ0n) is 13.5. The van der Waals surface area contributed by atoms with E-state index in [-0.39, 0.29) is 5.41 Å². The van der Waals surface area contributed by atoms with E-state index in [1.54, 1.807) is 0 Å². The summed E-state index contributed by atoms with van der Waals surface area (Å²) in [6, 6.07) is 7.24. The van der Waals surface area contributed by atoms with Crippen molar-refractivity contribution in [3.8, 4) is 0 Å². The molecule has 1 aromatic carbocycles. The Balaban J connectivity index is 2.89. The topological polar surface area (TPSA) is 29.3 Å². The van der Waals surface area contributed by atoms with Crippen molar-refractivity contribution in [1.29, 1.82) is 0 Å². The zero-order chi connectivity index (χ0) is 14.6. The van der Waals surface area contributed by atoms with E-state index in [9.17, 15) is 0 Å². The SMILES string of the molecule is CCN(CC(C)(C)CN)C(C)c1ccc(C)c(C)c1. The Morgan fingerprint density at radius 1 is 1.21 bits per heavy atom. The number of aryl methyl sites for hydroxylation is 2. The molecule has 1 atom stereocenters. The van der Waals surface area contributed by atoms with E-state index in [4.69, 9.17) is 5.73 Å². The molecule has 108 valence electrons. The Hall–Kier alpha value is -0.860. The minimum atomic E-state index is 0.171. The molecule has 0 aromatic heterocycles. The Morgan fingerprint density at radius 3 is 2.32 bits per heavy atom. The number of nitrogens with zero attached hydrogens (tertiary/aromatic N) is 1. The first kappa shape index (κ1) is 16.2. The number of hydrogen-bond acceptors (Lipinski definition) is 2. The first-order chi connectivity index (χ1) is 8.80. The molecular formula is C17H30N2. The third-order valence-electron chi connectivity index (χ3n) is 4.15. The summed E-state index contributed by atoms with van der Waals surface area (Å²) >= 11 is 0. The Labute approximate surface area is 119 Å². The lowest BCUT2D eigenvalue weighted by molar-refractivity contribution is 0.148. The van der Waals surface area contributed by atoms with Crippen molar-refractivity contribution in [2.45, 2.75) is 47.6 Å². The first-order valence-electron chi connectivity index (χ1n) is 7.32. The van der Waals surface area contributed by atoms with Crippen molar-refractivity contribution in [3.05, 3.63) is 34.9 Å². The fraction of sp³-hybridized carbons (Fsp3) is 0.647. The van der Waals surface area contributed by atoms with Crippen molar-refractivity contribution in [3.63, 3.8) is 0 Å². The van der Waals surface area contributed by atoms with Gasteiger partial charge in [-0.3, -0.25) is 4.90 Å². The summed E-state index contributed by atoms with van der Waals surface area (Å²) in [6.45, 7) is 16.2. The van der Waals surface area contributed by atoms with Crippen molar-refractivity contribution < 1.29 is 0 Å². The fourth-order valence-corrected chi connectivity index (χ4v) is 2.37. The van der Waals surface area contributed by atoms with Gasteiger partial charge in [-0.1, -0.05) is 39.0 Å². The molecule has 0 fully saturated rings. The molecule has 2 N–H and O–H groups in total. The molecule has 0 spiro atoms. The van der Waals surface area contributed by atoms with Crippen molar-refractivity contribution >= 4 is 0 Å². The number of hydrogen-bond donors (Lipinski definition) is 1. The standard InChI is InChI=1S/C17H30N2/c1-7-19(12-17(5,6)11-18)15(4)16-9-8-13(2)14(3)10-16/h8-10,15H,7,11-12,18H2,1-6H3. The van der Waals surface area contributed by atoms with E-state index in [1.165, 1.54) is 16.7 Å². The highest BCUT2D eigenvalue weighted by Gasteiger charge is 2.23. The van der Waals surface area contributed by atoms with Gasteiger partial charge in [-0.15, -0.1) is 0 Å². The van der Waals surface area contributed by atoms with Crippen molar-refractivity contribution in [2.24, 2.45) is 11.1 Å². The molecule has 0 aliphatic rings.